The van der Waals surface area contributed by atoms with Gasteiger partial charge in [0.05, 0.1) is 17.2 Å². The van der Waals surface area contributed by atoms with E-state index >= 15 is 0 Å². The number of hydrogen-bond donors (Lipinski definition) is 2. The highest BCUT2D eigenvalue weighted by atomic mass is 79.9. The Morgan fingerprint density at radius 3 is 2.94 bits per heavy atom. The maximum Gasteiger partial charge on any atom is 0.129 e. The predicted molar refractivity (Wildman–Crippen MR) is 74.5 cm³/mol. The van der Waals surface area contributed by atoms with Crippen LogP contribution in [0.3, 0.4) is 0 Å². The van der Waals surface area contributed by atoms with Crippen LogP contribution in [0, 0.1) is 6.92 Å². The van der Waals surface area contributed by atoms with Crippen LogP contribution in [0.5, 0.6) is 5.75 Å². The molecule has 0 amide bonds. The van der Waals surface area contributed by atoms with Crippen molar-refractivity contribution in [2.45, 2.75) is 20.0 Å². The molecule has 4 nitrogen and oxygen atoms in total. The van der Waals surface area contributed by atoms with E-state index in [1.54, 1.807) is 6.07 Å². The van der Waals surface area contributed by atoms with Crippen LogP contribution in [0.2, 0.25) is 0 Å². The van der Waals surface area contributed by atoms with Gasteiger partial charge in [0, 0.05) is 19.3 Å². The van der Waals surface area contributed by atoms with Crippen LogP contribution in [-0.4, -0.2) is 21.4 Å². The smallest absolute Gasteiger partial charge is 0.129 e. The Hall–Kier alpha value is -1.33. The first kappa shape index (κ1) is 13.1. The summed E-state index contributed by atoms with van der Waals surface area (Å²) in [6.45, 7) is 4.52. The number of hydrogen-bond acceptors (Lipinski definition) is 3. The van der Waals surface area contributed by atoms with Crippen molar-refractivity contribution >= 4 is 15.9 Å². The zero-order chi connectivity index (χ0) is 13.0. The highest BCUT2D eigenvalue weighted by Crippen LogP contribution is 2.24. The number of halogens is 1. The molecule has 0 bridgehead atoms. The van der Waals surface area contributed by atoms with Crippen molar-refractivity contribution in [3.05, 3.63) is 46.2 Å². The third-order valence-corrected chi connectivity index (χ3v) is 3.26. The van der Waals surface area contributed by atoms with E-state index in [0.29, 0.717) is 0 Å². The summed E-state index contributed by atoms with van der Waals surface area (Å²) < 4.78 is 2.65. The van der Waals surface area contributed by atoms with Crippen molar-refractivity contribution < 1.29 is 5.11 Å². The summed E-state index contributed by atoms with van der Waals surface area (Å²) >= 11 is 3.30. The van der Waals surface area contributed by atoms with Crippen LogP contribution in [0.4, 0.5) is 0 Å². The minimum atomic E-state index is 0.269. The SMILES string of the molecule is Cc1cnn(CCNCc2ccc(O)c(Br)c2)c1. The van der Waals surface area contributed by atoms with E-state index in [9.17, 15) is 5.11 Å². The molecule has 1 heterocycles. The number of aromatic hydroxyl groups is 1. The van der Waals surface area contributed by atoms with Gasteiger partial charge in [0.25, 0.3) is 0 Å². The third kappa shape index (κ3) is 3.58. The quantitative estimate of drug-likeness (QED) is 0.834. The van der Waals surface area contributed by atoms with Gasteiger partial charge in [0.1, 0.15) is 5.75 Å². The number of phenols is 1. The summed E-state index contributed by atoms with van der Waals surface area (Å²) in [5.41, 5.74) is 2.31. The molecule has 96 valence electrons. The molecule has 0 aliphatic rings. The highest BCUT2D eigenvalue weighted by molar-refractivity contribution is 9.10. The molecule has 2 N–H and O–H groups in total. The lowest BCUT2D eigenvalue weighted by molar-refractivity contribution is 0.471. The number of aromatic nitrogens is 2. The van der Waals surface area contributed by atoms with Crippen LogP contribution in [-0.2, 0) is 13.1 Å². The van der Waals surface area contributed by atoms with E-state index in [1.807, 2.05) is 36.1 Å². The fourth-order valence-electron chi connectivity index (χ4n) is 1.68. The van der Waals surface area contributed by atoms with Crippen molar-refractivity contribution in [2.75, 3.05) is 6.54 Å². The molecule has 0 aliphatic carbocycles. The molecule has 0 radical (unpaired) electrons. The van der Waals surface area contributed by atoms with Gasteiger partial charge in [0.15, 0.2) is 0 Å². The normalized spacial score (nSPS) is 10.8. The molecule has 0 saturated carbocycles. The lowest BCUT2D eigenvalue weighted by Gasteiger charge is -2.06. The Labute approximate surface area is 115 Å². The Balaban J connectivity index is 1.76. The van der Waals surface area contributed by atoms with Crippen LogP contribution in [0.15, 0.2) is 35.1 Å². The molecule has 1 aromatic heterocycles. The molecule has 1 aromatic carbocycles. The van der Waals surface area contributed by atoms with Gasteiger partial charge in [-0.2, -0.15) is 5.10 Å². The number of aryl methyl sites for hydroxylation is 1. The van der Waals surface area contributed by atoms with Crippen molar-refractivity contribution in [3.63, 3.8) is 0 Å². The second kappa shape index (κ2) is 6.02. The summed E-state index contributed by atoms with van der Waals surface area (Å²) in [7, 11) is 0. The number of rotatable bonds is 5. The van der Waals surface area contributed by atoms with Crippen LogP contribution in [0.25, 0.3) is 0 Å². The molecule has 0 unspecified atom stereocenters. The molecule has 0 atom stereocenters. The van der Waals surface area contributed by atoms with Gasteiger partial charge in [-0.1, -0.05) is 6.07 Å². The summed E-state index contributed by atoms with van der Waals surface area (Å²) in [6, 6.07) is 5.52. The summed E-state index contributed by atoms with van der Waals surface area (Å²) in [5.74, 6) is 0.269. The van der Waals surface area contributed by atoms with Gasteiger partial charge < -0.3 is 10.4 Å². The topological polar surface area (TPSA) is 50.1 Å². The number of benzene rings is 1. The molecule has 0 saturated heterocycles. The zero-order valence-corrected chi connectivity index (χ0v) is 11.8. The maximum atomic E-state index is 9.39. The fourth-order valence-corrected chi connectivity index (χ4v) is 2.10. The van der Waals surface area contributed by atoms with Gasteiger partial charge in [-0.25, -0.2) is 0 Å². The largest absolute Gasteiger partial charge is 0.507 e. The average molecular weight is 310 g/mol. The number of nitrogens with one attached hydrogen (secondary N) is 1. The first-order chi connectivity index (χ1) is 8.65. The monoisotopic (exact) mass is 309 g/mol. The molecule has 18 heavy (non-hydrogen) atoms. The lowest BCUT2D eigenvalue weighted by atomic mass is 10.2. The van der Waals surface area contributed by atoms with Gasteiger partial charge in [-0.05, 0) is 46.1 Å². The molecule has 2 rings (SSSR count). The first-order valence-corrected chi connectivity index (χ1v) is 6.61. The standard InChI is InChI=1S/C13H16BrN3O/c1-10-7-16-17(9-10)5-4-15-8-11-2-3-13(18)12(14)6-11/h2-3,6-7,9,15,18H,4-5,8H2,1H3. The van der Waals surface area contributed by atoms with E-state index < -0.39 is 0 Å². The average Bonchev–Trinajstić information content (AvgIpc) is 2.75. The lowest BCUT2D eigenvalue weighted by Crippen LogP contribution is -2.19. The Morgan fingerprint density at radius 2 is 2.28 bits per heavy atom. The van der Waals surface area contributed by atoms with Crippen molar-refractivity contribution in [3.8, 4) is 5.75 Å². The van der Waals surface area contributed by atoms with Gasteiger partial charge in [-0.3, -0.25) is 4.68 Å². The summed E-state index contributed by atoms with van der Waals surface area (Å²) in [5, 5.41) is 17.0. The second-order valence-corrected chi connectivity index (χ2v) is 5.10. The van der Waals surface area contributed by atoms with Gasteiger partial charge >= 0.3 is 0 Å². The number of phenolic OH excluding ortho intramolecular Hbond substituents is 1. The summed E-state index contributed by atoms with van der Waals surface area (Å²) in [4.78, 5) is 0. The fraction of sp³-hybridized carbons (Fsp3) is 0.308. The van der Waals surface area contributed by atoms with Gasteiger partial charge in [-0.15, -0.1) is 0 Å². The Kier molecular flexibility index (Phi) is 4.38. The molecular formula is C13H16BrN3O. The molecule has 0 spiro atoms. The first-order valence-electron chi connectivity index (χ1n) is 5.82. The molecule has 5 heteroatoms. The van der Waals surface area contributed by atoms with Crippen LogP contribution >= 0.6 is 15.9 Å². The highest BCUT2D eigenvalue weighted by Gasteiger charge is 1.99. The molecule has 2 aromatic rings. The summed E-state index contributed by atoms with van der Waals surface area (Å²) in [6.07, 6.45) is 3.88. The van der Waals surface area contributed by atoms with Crippen molar-refractivity contribution in [1.29, 1.82) is 0 Å². The Morgan fingerprint density at radius 1 is 1.44 bits per heavy atom. The van der Waals surface area contributed by atoms with Crippen LogP contribution < -0.4 is 5.32 Å². The minimum Gasteiger partial charge on any atom is -0.507 e. The van der Waals surface area contributed by atoms with Gasteiger partial charge in [0.2, 0.25) is 0 Å². The minimum absolute atomic E-state index is 0.269. The van der Waals surface area contributed by atoms with E-state index in [-0.39, 0.29) is 5.75 Å². The van der Waals surface area contributed by atoms with E-state index in [2.05, 4.69) is 26.3 Å². The van der Waals surface area contributed by atoms with E-state index in [1.165, 1.54) is 5.56 Å². The van der Waals surface area contributed by atoms with E-state index in [0.717, 1.165) is 29.7 Å². The molecule has 0 aliphatic heterocycles. The maximum absolute atomic E-state index is 9.39. The predicted octanol–water partition coefficient (Wildman–Crippen LogP) is 2.45. The second-order valence-electron chi connectivity index (χ2n) is 4.24. The molecular weight excluding hydrogens is 294 g/mol. The van der Waals surface area contributed by atoms with Crippen LogP contribution in [0.1, 0.15) is 11.1 Å². The third-order valence-electron chi connectivity index (χ3n) is 2.62. The number of nitrogens with zero attached hydrogens (tertiary/aromatic N) is 2. The van der Waals surface area contributed by atoms with Crippen molar-refractivity contribution in [2.24, 2.45) is 0 Å². The van der Waals surface area contributed by atoms with Crippen molar-refractivity contribution in [1.82, 2.24) is 15.1 Å². The Bertz CT molecular complexity index is 525. The zero-order valence-electron chi connectivity index (χ0n) is 10.2. The molecule has 0 fully saturated rings. The van der Waals surface area contributed by atoms with E-state index in [4.69, 9.17) is 0 Å².